The highest BCUT2D eigenvalue weighted by molar-refractivity contribution is 7.89. The zero-order valence-electron chi connectivity index (χ0n) is 15.0. The molecule has 3 aliphatic rings. The summed E-state index contributed by atoms with van der Waals surface area (Å²) in [5.41, 5.74) is 1.26. The number of piperidine rings is 1. The topological polar surface area (TPSA) is 69.7 Å². The number of nitrogens with zero attached hydrogens (tertiary/aromatic N) is 2. The van der Waals surface area contributed by atoms with Gasteiger partial charge >= 0.3 is 6.03 Å². The van der Waals surface area contributed by atoms with Crippen molar-refractivity contribution in [3.05, 3.63) is 21.9 Å². The standard InChI is InChI=1S/C18H27N3O3S2/c22-18(19-16-4-3-5-17-15(16)8-13-25-17)20-11-6-14(7-12-20)26(23,24)21-9-1-2-10-21/h8,13-14,16H,1-7,9-12H2,(H,19,22). The Morgan fingerprint density at radius 3 is 2.54 bits per heavy atom. The third-order valence-corrected chi connectivity index (χ3v) is 9.32. The Morgan fingerprint density at radius 1 is 1.08 bits per heavy atom. The molecule has 4 rings (SSSR count). The number of aryl methyl sites for hydroxylation is 1. The molecule has 1 aromatic rings. The zero-order chi connectivity index (χ0) is 18.1. The van der Waals surface area contributed by atoms with Crippen LogP contribution in [-0.4, -0.2) is 55.1 Å². The van der Waals surface area contributed by atoms with Crippen LogP contribution in [0.5, 0.6) is 0 Å². The largest absolute Gasteiger partial charge is 0.331 e. The van der Waals surface area contributed by atoms with E-state index in [4.69, 9.17) is 0 Å². The summed E-state index contributed by atoms with van der Waals surface area (Å²) in [5, 5.41) is 4.94. The quantitative estimate of drug-likeness (QED) is 0.853. The molecule has 0 bridgehead atoms. The Bertz CT molecular complexity index is 747. The average molecular weight is 398 g/mol. The van der Waals surface area contributed by atoms with E-state index in [1.807, 2.05) is 0 Å². The van der Waals surface area contributed by atoms with Crippen LogP contribution in [-0.2, 0) is 16.4 Å². The second kappa shape index (κ2) is 7.48. The highest BCUT2D eigenvalue weighted by atomic mass is 32.2. The lowest BCUT2D eigenvalue weighted by Gasteiger charge is -2.35. The average Bonchev–Trinajstić information content (AvgIpc) is 3.34. The minimum absolute atomic E-state index is 0.0499. The summed E-state index contributed by atoms with van der Waals surface area (Å²) < 4.78 is 27.0. The van der Waals surface area contributed by atoms with Gasteiger partial charge in [0.15, 0.2) is 0 Å². The normalized spacial score (nSPS) is 25.2. The molecule has 3 heterocycles. The van der Waals surface area contributed by atoms with Gasteiger partial charge in [0, 0.05) is 31.1 Å². The van der Waals surface area contributed by atoms with Crippen molar-refractivity contribution in [3.63, 3.8) is 0 Å². The van der Waals surface area contributed by atoms with Crippen molar-refractivity contribution in [2.45, 2.75) is 56.2 Å². The molecule has 1 aromatic heterocycles. The molecule has 0 spiro atoms. The highest BCUT2D eigenvalue weighted by Crippen LogP contribution is 2.33. The predicted molar refractivity (Wildman–Crippen MR) is 103 cm³/mol. The summed E-state index contributed by atoms with van der Waals surface area (Å²) in [6.45, 7) is 2.36. The Hall–Kier alpha value is -1.12. The summed E-state index contributed by atoms with van der Waals surface area (Å²) >= 11 is 1.77. The molecule has 1 atom stereocenters. The van der Waals surface area contributed by atoms with Crippen LogP contribution < -0.4 is 5.32 Å². The van der Waals surface area contributed by atoms with E-state index < -0.39 is 10.0 Å². The molecule has 26 heavy (non-hydrogen) atoms. The molecule has 2 amide bonds. The van der Waals surface area contributed by atoms with Crippen molar-refractivity contribution in [1.29, 1.82) is 0 Å². The fraction of sp³-hybridized carbons (Fsp3) is 0.722. The van der Waals surface area contributed by atoms with Gasteiger partial charge in [0.05, 0.1) is 11.3 Å². The van der Waals surface area contributed by atoms with Gasteiger partial charge in [0.1, 0.15) is 0 Å². The molecule has 8 heteroatoms. The van der Waals surface area contributed by atoms with Gasteiger partial charge < -0.3 is 10.2 Å². The van der Waals surface area contributed by atoms with Gasteiger partial charge in [-0.15, -0.1) is 11.3 Å². The Morgan fingerprint density at radius 2 is 1.81 bits per heavy atom. The Labute approximate surface area is 159 Å². The van der Waals surface area contributed by atoms with Crippen LogP contribution in [0.4, 0.5) is 4.79 Å². The van der Waals surface area contributed by atoms with Crippen molar-refractivity contribution in [3.8, 4) is 0 Å². The molecular formula is C18H27N3O3S2. The van der Waals surface area contributed by atoms with E-state index in [1.165, 1.54) is 10.4 Å². The molecule has 1 aliphatic carbocycles. The number of likely N-dealkylation sites (tertiary alicyclic amines) is 1. The molecule has 0 radical (unpaired) electrons. The highest BCUT2D eigenvalue weighted by Gasteiger charge is 2.37. The summed E-state index contributed by atoms with van der Waals surface area (Å²) in [6.07, 6.45) is 6.21. The van der Waals surface area contributed by atoms with Crippen LogP contribution in [0.2, 0.25) is 0 Å². The summed E-state index contributed by atoms with van der Waals surface area (Å²) in [6, 6.07) is 2.17. The van der Waals surface area contributed by atoms with E-state index in [2.05, 4.69) is 16.8 Å². The van der Waals surface area contributed by atoms with Crippen molar-refractivity contribution < 1.29 is 13.2 Å². The summed E-state index contributed by atoms with van der Waals surface area (Å²) in [4.78, 5) is 15.8. The number of urea groups is 1. The second-order valence-electron chi connectivity index (χ2n) is 7.53. The first-order chi connectivity index (χ1) is 12.6. The van der Waals surface area contributed by atoms with Crippen LogP contribution in [0.3, 0.4) is 0 Å². The molecule has 2 fully saturated rings. The number of carbonyl (C=O) groups is 1. The van der Waals surface area contributed by atoms with Crippen molar-refractivity contribution in [1.82, 2.24) is 14.5 Å². The monoisotopic (exact) mass is 397 g/mol. The third-order valence-electron chi connectivity index (χ3n) is 5.92. The molecule has 0 saturated carbocycles. The molecule has 1 N–H and O–H groups in total. The van der Waals surface area contributed by atoms with Crippen molar-refractivity contribution >= 4 is 27.4 Å². The SMILES string of the molecule is O=C(NC1CCCc2sccc21)N1CCC(S(=O)(=O)N2CCCC2)CC1. The van der Waals surface area contributed by atoms with Gasteiger partial charge in [-0.2, -0.15) is 0 Å². The zero-order valence-corrected chi connectivity index (χ0v) is 16.7. The van der Waals surface area contributed by atoms with Gasteiger partial charge in [0.25, 0.3) is 0 Å². The van der Waals surface area contributed by atoms with E-state index in [9.17, 15) is 13.2 Å². The molecule has 2 aliphatic heterocycles. The minimum Gasteiger partial charge on any atom is -0.331 e. The van der Waals surface area contributed by atoms with Crippen LogP contribution >= 0.6 is 11.3 Å². The predicted octanol–water partition coefficient (Wildman–Crippen LogP) is 2.73. The van der Waals surface area contributed by atoms with Crippen LogP contribution in [0.1, 0.15) is 55.0 Å². The third kappa shape index (κ3) is 3.51. The van der Waals surface area contributed by atoms with E-state index in [0.717, 1.165) is 32.1 Å². The number of thiophene rings is 1. The van der Waals surface area contributed by atoms with Gasteiger partial charge in [-0.05, 0) is 62.0 Å². The molecular weight excluding hydrogens is 370 g/mol. The van der Waals surface area contributed by atoms with Gasteiger partial charge in [-0.1, -0.05) is 0 Å². The Balaban J connectivity index is 1.33. The van der Waals surface area contributed by atoms with Gasteiger partial charge in [-0.25, -0.2) is 17.5 Å². The number of nitrogens with one attached hydrogen (secondary N) is 1. The van der Waals surface area contributed by atoms with Gasteiger partial charge in [0.2, 0.25) is 10.0 Å². The number of hydrogen-bond acceptors (Lipinski definition) is 4. The summed E-state index contributed by atoms with van der Waals surface area (Å²) in [7, 11) is -3.19. The van der Waals surface area contributed by atoms with Crippen LogP contribution in [0.15, 0.2) is 11.4 Å². The first kappa shape index (κ1) is 18.3. The number of fused-ring (bicyclic) bond motifs is 1. The molecule has 2 saturated heterocycles. The number of hydrogen-bond donors (Lipinski definition) is 1. The molecule has 1 unspecified atom stereocenters. The van der Waals surface area contributed by atoms with Gasteiger partial charge in [-0.3, -0.25) is 0 Å². The minimum atomic E-state index is -3.19. The molecule has 144 valence electrons. The fourth-order valence-corrected chi connectivity index (χ4v) is 7.37. The molecule has 0 aromatic carbocycles. The van der Waals surface area contributed by atoms with Crippen LogP contribution in [0, 0.1) is 0 Å². The van der Waals surface area contributed by atoms with E-state index in [0.29, 0.717) is 39.0 Å². The lowest BCUT2D eigenvalue weighted by molar-refractivity contribution is 0.181. The number of sulfonamides is 1. The van der Waals surface area contributed by atoms with Crippen LogP contribution in [0.25, 0.3) is 0 Å². The smallest absolute Gasteiger partial charge is 0.317 e. The van der Waals surface area contributed by atoms with E-state index >= 15 is 0 Å². The lowest BCUT2D eigenvalue weighted by Crippen LogP contribution is -2.49. The first-order valence-electron chi connectivity index (χ1n) is 9.66. The van der Waals surface area contributed by atoms with E-state index in [-0.39, 0.29) is 17.3 Å². The maximum absolute atomic E-state index is 12.7. The maximum atomic E-state index is 12.7. The Kier molecular flexibility index (Phi) is 5.25. The van der Waals surface area contributed by atoms with Crippen molar-refractivity contribution in [2.75, 3.05) is 26.2 Å². The summed E-state index contributed by atoms with van der Waals surface area (Å²) in [5.74, 6) is 0. The fourth-order valence-electron chi connectivity index (χ4n) is 4.39. The number of rotatable bonds is 3. The molecule has 6 nitrogen and oxygen atoms in total. The van der Waals surface area contributed by atoms with Crippen molar-refractivity contribution in [2.24, 2.45) is 0 Å². The maximum Gasteiger partial charge on any atom is 0.317 e. The lowest BCUT2D eigenvalue weighted by atomic mass is 9.94. The number of carbonyl (C=O) groups excluding carboxylic acids is 1. The second-order valence-corrected chi connectivity index (χ2v) is 10.7. The number of amides is 2. The van der Waals surface area contributed by atoms with E-state index in [1.54, 1.807) is 20.5 Å². The first-order valence-corrected chi connectivity index (χ1v) is 12.0.